The highest BCUT2D eigenvalue weighted by molar-refractivity contribution is 5.76. The maximum atomic E-state index is 12.9. The fourth-order valence-electron chi connectivity index (χ4n) is 5.63. The minimum Gasteiger partial charge on any atom is -0.490 e. The highest BCUT2D eigenvalue weighted by Crippen LogP contribution is 2.33. The third-order valence-corrected chi connectivity index (χ3v) is 8.01. The Hall–Kier alpha value is -4.11. The van der Waals surface area contributed by atoms with Gasteiger partial charge in [-0.1, -0.05) is 37.8 Å². The number of para-hydroxylation sites is 1. The number of amides is 1. The van der Waals surface area contributed by atoms with Gasteiger partial charge in [0.1, 0.15) is 23.4 Å². The maximum absolute atomic E-state index is 12.9. The first-order valence-electron chi connectivity index (χ1n) is 14.3. The van der Waals surface area contributed by atoms with E-state index in [2.05, 4.69) is 17.0 Å². The molecule has 0 radical (unpaired) electrons. The number of likely N-dealkylation sites (tertiary alicyclic amines) is 2. The Morgan fingerprint density at radius 3 is 2.17 bits per heavy atom. The van der Waals surface area contributed by atoms with Crippen LogP contribution in [-0.2, 0) is 4.79 Å². The van der Waals surface area contributed by atoms with Gasteiger partial charge in [-0.05, 0) is 67.7 Å². The summed E-state index contributed by atoms with van der Waals surface area (Å²) in [7, 11) is 1.40. The highest BCUT2D eigenvalue weighted by atomic mass is 16.6. The van der Waals surface area contributed by atoms with Crippen LogP contribution in [0.2, 0.25) is 0 Å². The van der Waals surface area contributed by atoms with Gasteiger partial charge in [0.15, 0.2) is 0 Å². The summed E-state index contributed by atoms with van der Waals surface area (Å²) in [5.41, 5.74) is 1.26. The number of methoxy groups -OCH3 is 1. The van der Waals surface area contributed by atoms with E-state index in [1.54, 1.807) is 12.1 Å². The summed E-state index contributed by atoms with van der Waals surface area (Å²) < 4.78 is 17.1. The normalized spacial score (nSPS) is 16.4. The molecule has 0 bridgehead atoms. The molecule has 224 valence electrons. The lowest BCUT2D eigenvalue weighted by Gasteiger charge is -2.34. The van der Waals surface area contributed by atoms with Crippen molar-refractivity contribution in [2.45, 2.75) is 51.6 Å². The van der Waals surface area contributed by atoms with Crippen LogP contribution < -0.4 is 14.2 Å². The number of rotatable bonds is 10. The van der Waals surface area contributed by atoms with Crippen LogP contribution in [0.15, 0.2) is 72.8 Å². The van der Waals surface area contributed by atoms with Crippen molar-refractivity contribution in [2.75, 3.05) is 39.8 Å². The quantitative estimate of drug-likeness (QED) is 0.197. The van der Waals surface area contributed by atoms with Crippen LogP contribution in [-0.4, -0.2) is 66.6 Å². The van der Waals surface area contributed by atoms with E-state index in [1.807, 2.05) is 47.4 Å². The van der Waals surface area contributed by atoms with Crippen LogP contribution in [0.1, 0.15) is 51.0 Å². The molecule has 0 spiro atoms. The van der Waals surface area contributed by atoms with Gasteiger partial charge >= 0.3 is 5.69 Å². The van der Waals surface area contributed by atoms with E-state index in [0.717, 1.165) is 56.8 Å². The molecule has 0 atom stereocenters. The molecule has 3 aromatic rings. The molecule has 2 aliphatic heterocycles. The number of nitro benzene ring substituents is 1. The van der Waals surface area contributed by atoms with Crippen molar-refractivity contribution in [3.05, 3.63) is 88.5 Å². The molecule has 0 saturated carbocycles. The van der Waals surface area contributed by atoms with E-state index < -0.39 is 4.92 Å². The molecule has 2 saturated heterocycles. The first kappa shape index (κ1) is 30.8. The summed E-state index contributed by atoms with van der Waals surface area (Å²) in [6.45, 7) is 4.08. The van der Waals surface area contributed by atoms with Gasteiger partial charge in [-0.15, -0.1) is 0 Å². The second kappa shape index (κ2) is 14.7. The third kappa shape index (κ3) is 8.00. The number of hydrogen-bond donors (Lipinski definition) is 0. The molecule has 2 heterocycles. The summed E-state index contributed by atoms with van der Waals surface area (Å²) in [6.07, 6.45) is 4.12. The molecule has 9 heteroatoms. The number of nitro groups is 1. The molecule has 2 aliphatic rings. The number of benzene rings is 3. The van der Waals surface area contributed by atoms with Gasteiger partial charge in [0.2, 0.25) is 11.7 Å². The summed E-state index contributed by atoms with van der Waals surface area (Å²) in [6, 6.07) is 22.8. The van der Waals surface area contributed by atoms with Crippen LogP contribution in [0, 0.1) is 10.1 Å². The van der Waals surface area contributed by atoms with E-state index in [4.69, 9.17) is 14.2 Å². The zero-order valence-electron chi connectivity index (χ0n) is 23.4. The predicted octanol–water partition coefficient (Wildman–Crippen LogP) is 6.67. The largest absolute Gasteiger partial charge is 0.490 e. The Balaban J connectivity index is 0.00000405. The third-order valence-electron chi connectivity index (χ3n) is 8.01. The predicted molar refractivity (Wildman–Crippen MR) is 163 cm³/mol. The molecule has 42 heavy (non-hydrogen) atoms. The minimum absolute atomic E-state index is 0. The second-order valence-electron chi connectivity index (χ2n) is 10.6. The van der Waals surface area contributed by atoms with Crippen molar-refractivity contribution in [1.82, 2.24) is 9.80 Å². The molecule has 0 N–H and O–H groups in total. The first-order valence-corrected chi connectivity index (χ1v) is 14.3. The molecule has 9 nitrogen and oxygen atoms in total. The van der Waals surface area contributed by atoms with Gasteiger partial charge in [0.25, 0.3) is 0 Å². The Kier molecular flexibility index (Phi) is 10.8. The Labute approximate surface area is 248 Å². The molecular weight excluding hydrogens is 534 g/mol. The van der Waals surface area contributed by atoms with Crippen LogP contribution in [0.4, 0.5) is 5.69 Å². The molecule has 0 aromatic heterocycles. The number of carbonyl (C=O) groups excluding carboxylic acids is 1. The molecule has 1 amide bonds. The summed E-state index contributed by atoms with van der Waals surface area (Å²) >= 11 is 0. The van der Waals surface area contributed by atoms with Gasteiger partial charge < -0.3 is 24.0 Å². The van der Waals surface area contributed by atoms with Crippen molar-refractivity contribution in [2.24, 2.45) is 0 Å². The van der Waals surface area contributed by atoms with E-state index in [-0.39, 0.29) is 30.9 Å². The fraction of sp³-hybridized carbons (Fsp3) is 0.424. The number of hydrogen-bond acceptors (Lipinski definition) is 7. The van der Waals surface area contributed by atoms with Crippen LogP contribution in [0.3, 0.4) is 0 Å². The minimum atomic E-state index is -0.476. The molecule has 5 rings (SSSR count). The van der Waals surface area contributed by atoms with Gasteiger partial charge in [-0.2, -0.15) is 0 Å². The SMILES string of the molecule is C.COc1cc(OC2CCN(C(=O)CCN3CCC(c4ccc(Oc5ccccc5)cc4)CC3)CC2)ccc1[N+](=O)[O-]. The van der Waals surface area contributed by atoms with Crippen molar-refractivity contribution >= 4 is 11.6 Å². The maximum Gasteiger partial charge on any atom is 0.311 e. The van der Waals surface area contributed by atoms with E-state index in [0.29, 0.717) is 31.2 Å². The first-order chi connectivity index (χ1) is 20.0. The van der Waals surface area contributed by atoms with Gasteiger partial charge in [0.05, 0.1) is 12.0 Å². The van der Waals surface area contributed by atoms with Crippen molar-refractivity contribution in [3.8, 4) is 23.0 Å². The molecule has 0 aliphatic carbocycles. The van der Waals surface area contributed by atoms with Crippen molar-refractivity contribution in [3.63, 3.8) is 0 Å². The Bertz CT molecular complexity index is 1300. The zero-order chi connectivity index (χ0) is 28.6. The smallest absolute Gasteiger partial charge is 0.311 e. The van der Waals surface area contributed by atoms with E-state index in [1.165, 1.54) is 18.7 Å². The molecule has 3 aromatic carbocycles. The topological polar surface area (TPSA) is 94.4 Å². The molecule has 2 fully saturated rings. The molecule has 0 unspecified atom stereocenters. The average Bonchev–Trinajstić information content (AvgIpc) is 3.01. The van der Waals surface area contributed by atoms with Gasteiger partial charge in [-0.3, -0.25) is 14.9 Å². The highest BCUT2D eigenvalue weighted by Gasteiger charge is 2.26. The second-order valence-corrected chi connectivity index (χ2v) is 10.6. The van der Waals surface area contributed by atoms with Crippen LogP contribution in [0.25, 0.3) is 0 Å². The van der Waals surface area contributed by atoms with Gasteiger partial charge in [-0.25, -0.2) is 0 Å². The summed E-state index contributed by atoms with van der Waals surface area (Å²) in [5.74, 6) is 3.12. The standard InChI is InChI=1S/C32H37N3O6.CH4/c1-39-31-23-29(11-12-30(31)35(37)38)41-28-15-21-34(22-16-28)32(36)17-20-33-18-13-25(14-19-33)24-7-9-27(10-8-24)40-26-5-3-2-4-6-26;/h2-12,23,25,28H,13-22H2,1H3;1H4. The summed E-state index contributed by atoms with van der Waals surface area (Å²) in [4.78, 5) is 27.9. The summed E-state index contributed by atoms with van der Waals surface area (Å²) in [5, 5.41) is 11.1. The lowest BCUT2D eigenvalue weighted by molar-refractivity contribution is -0.385. The zero-order valence-corrected chi connectivity index (χ0v) is 23.4. The average molecular weight is 576 g/mol. The number of nitrogens with zero attached hydrogens (tertiary/aromatic N) is 3. The molecular formula is C33H41N3O6. The lowest BCUT2D eigenvalue weighted by Crippen LogP contribution is -2.43. The van der Waals surface area contributed by atoms with Crippen molar-refractivity contribution < 1.29 is 23.9 Å². The van der Waals surface area contributed by atoms with Crippen molar-refractivity contribution in [1.29, 1.82) is 0 Å². The van der Waals surface area contributed by atoms with Crippen LogP contribution >= 0.6 is 0 Å². The van der Waals surface area contributed by atoms with E-state index >= 15 is 0 Å². The number of ether oxygens (including phenoxy) is 3. The Morgan fingerprint density at radius 1 is 0.881 bits per heavy atom. The monoisotopic (exact) mass is 575 g/mol. The van der Waals surface area contributed by atoms with Crippen LogP contribution in [0.5, 0.6) is 23.0 Å². The van der Waals surface area contributed by atoms with E-state index in [9.17, 15) is 14.9 Å². The number of carbonyl (C=O) groups is 1. The lowest BCUT2D eigenvalue weighted by atomic mass is 9.89. The fourth-order valence-corrected chi connectivity index (χ4v) is 5.63. The number of piperidine rings is 2. The van der Waals surface area contributed by atoms with Gasteiger partial charge in [0, 0.05) is 51.0 Å². The Morgan fingerprint density at radius 2 is 1.52 bits per heavy atom.